The molecule has 12 rings (SSSR count). The molecular weight excluding hydrogens is 1800 g/mol. The normalized spacial score (nSPS) is 24.9. The summed E-state index contributed by atoms with van der Waals surface area (Å²) in [5.74, 6) is -2.88. The van der Waals surface area contributed by atoms with Gasteiger partial charge in [0.2, 0.25) is 5.91 Å². The molecule has 122 heavy (non-hydrogen) atoms. The highest BCUT2D eigenvalue weighted by Gasteiger charge is 2.46. The van der Waals surface area contributed by atoms with Gasteiger partial charge in [-0.15, -0.1) is 23.5 Å². The lowest BCUT2D eigenvalue weighted by molar-refractivity contribution is -0.138. The summed E-state index contributed by atoms with van der Waals surface area (Å²) in [5.41, 5.74) is 3.92. The van der Waals surface area contributed by atoms with Crippen molar-refractivity contribution in [1.29, 1.82) is 0 Å². The van der Waals surface area contributed by atoms with Crippen molar-refractivity contribution in [1.82, 2.24) is 5.32 Å². The molecule has 10 unspecified atom stereocenters. The lowest BCUT2D eigenvalue weighted by Gasteiger charge is -2.35. The average molecular weight is 1930 g/mol. The van der Waals surface area contributed by atoms with Gasteiger partial charge in [-0.05, 0) is 121 Å². The number of hydrogen-bond donors (Lipinski definition) is 5. The molecule has 0 spiro atoms. The van der Waals surface area contributed by atoms with Crippen LogP contribution in [0, 0.1) is 11.8 Å². The van der Waals surface area contributed by atoms with Gasteiger partial charge in [0, 0.05) is 97.3 Å². The van der Waals surface area contributed by atoms with Gasteiger partial charge in [0.05, 0.1) is 98.4 Å². The molecule has 0 fully saturated rings. The Morgan fingerprint density at radius 3 is 0.992 bits per heavy atom. The maximum atomic E-state index is 12.5. The zero-order valence-corrected chi connectivity index (χ0v) is 83.5. The molecular formula is C85H127NO24S12. The minimum Gasteiger partial charge on any atom is -0.480 e. The van der Waals surface area contributed by atoms with E-state index < -0.39 is 167 Å². The number of ketones is 1. The van der Waals surface area contributed by atoms with E-state index in [4.69, 9.17) is 5.11 Å². The summed E-state index contributed by atoms with van der Waals surface area (Å²) in [6, 6.07) is 41.8. The number of thioether (sulfide) groups is 2. The SMILES string of the molecule is CC.CC.CC.CC.CC.CC.CC(=O)CC[C@H]1CC(S(C)(=O)=O)c2ccccc2S1=O.CC(=O)NC[C@H]1CC(S(C)(=O)=O)c2ccccc2S1=O.CS(=O)(=O)C1C[C@H](C(=O)O)S(=O)c2ccccc21.CS(=O)(=O)C1C[C@H](CO)S(=O)c2ccccc21.C[C@H]1C(S(C)(=O)=O)c2ccccc2S[C@H]1C(=O)O.C[C@H]1C(S(C)(=O)=O)c2ccccc2S[C@H]1CO. The molecule has 0 aromatic heterocycles. The third kappa shape index (κ3) is 32.0. The van der Waals surface area contributed by atoms with E-state index in [0.717, 1.165) is 27.2 Å². The molecule has 5 N–H and O–H groups in total. The number of sulfone groups is 6. The van der Waals surface area contributed by atoms with Crippen molar-refractivity contribution >= 4 is 149 Å². The van der Waals surface area contributed by atoms with Crippen LogP contribution >= 0.6 is 23.5 Å². The predicted octanol–water partition coefficient (Wildman–Crippen LogP) is 14.2. The number of aliphatic hydroxyl groups excluding tert-OH is 2. The van der Waals surface area contributed by atoms with Gasteiger partial charge in [-0.2, -0.15) is 0 Å². The molecule has 18 atom stereocenters. The Kier molecular flexibility index (Phi) is 49.9. The Morgan fingerprint density at radius 2 is 0.672 bits per heavy atom. The molecule has 0 aliphatic carbocycles. The second-order valence-electron chi connectivity index (χ2n) is 27.6. The van der Waals surface area contributed by atoms with Crippen LogP contribution in [0.3, 0.4) is 0 Å². The summed E-state index contributed by atoms with van der Waals surface area (Å²) < 4.78 is 192. The Hall–Kier alpha value is -5.68. The third-order valence-corrected chi connectivity index (χ3v) is 38.5. The zero-order chi connectivity index (χ0) is 94.1. The van der Waals surface area contributed by atoms with Crippen molar-refractivity contribution < 1.29 is 107 Å². The van der Waals surface area contributed by atoms with Crippen LogP contribution in [0.5, 0.6) is 0 Å². The van der Waals surface area contributed by atoms with Gasteiger partial charge < -0.3 is 30.5 Å². The number of carbonyl (C=O) groups excluding carboxylic acids is 2. The van der Waals surface area contributed by atoms with Crippen LogP contribution in [0.4, 0.5) is 0 Å². The average Bonchev–Trinajstić information content (AvgIpc) is 0.778. The van der Waals surface area contributed by atoms with E-state index in [1.165, 1.54) is 63.0 Å². The number of benzene rings is 6. The molecule has 0 saturated heterocycles. The van der Waals surface area contributed by atoms with Gasteiger partial charge in [-0.3, -0.25) is 31.2 Å². The quantitative estimate of drug-likeness (QED) is 0.0637. The molecule has 688 valence electrons. The third-order valence-electron chi connectivity index (χ3n) is 19.2. The number of Topliss-reactive ketones (excluding diaryl/α,β-unsaturated/α-hetero) is 1. The summed E-state index contributed by atoms with van der Waals surface area (Å²) in [5, 5.41) is 32.2. The van der Waals surface area contributed by atoms with Crippen LogP contribution in [0.25, 0.3) is 0 Å². The molecule has 1 amide bonds. The van der Waals surface area contributed by atoms with Gasteiger partial charge in [-0.1, -0.05) is 206 Å². The van der Waals surface area contributed by atoms with Gasteiger partial charge in [0.1, 0.15) is 16.3 Å². The number of carboxylic acids is 2. The van der Waals surface area contributed by atoms with E-state index in [-0.39, 0.29) is 72.4 Å². The second kappa shape index (κ2) is 53.2. The molecule has 6 aromatic rings. The molecule has 25 nitrogen and oxygen atoms in total. The van der Waals surface area contributed by atoms with Crippen molar-refractivity contribution in [2.24, 2.45) is 11.8 Å². The van der Waals surface area contributed by atoms with Crippen molar-refractivity contribution in [3.8, 4) is 0 Å². The molecule has 0 bridgehead atoms. The van der Waals surface area contributed by atoms with E-state index >= 15 is 0 Å². The summed E-state index contributed by atoms with van der Waals surface area (Å²) in [4.78, 5) is 48.1. The van der Waals surface area contributed by atoms with E-state index in [9.17, 15) is 102 Å². The lowest BCUT2D eigenvalue weighted by atomic mass is 9.96. The van der Waals surface area contributed by atoms with Crippen LogP contribution in [-0.2, 0) is 121 Å². The molecule has 6 aliphatic rings. The Bertz CT molecular complexity index is 5120. The Balaban J connectivity index is 0.000000714. The maximum absolute atomic E-state index is 12.5. The van der Waals surface area contributed by atoms with E-state index in [1.807, 2.05) is 114 Å². The fraction of sp³-hybridized carbons (Fsp3) is 0.529. The minimum absolute atomic E-state index is 0.00614. The summed E-state index contributed by atoms with van der Waals surface area (Å²) in [7, 11) is -25.3. The fourth-order valence-electron chi connectivity index (χ4n) is 13.9. The molecule has 37 heteroatoms. The first-order valence-electron chi connectivity index (χ1n) is 40.2. The number of amides is 1. The van der Waals surface area contributed by atoms with Crippen LogP contribution in [0.15, 0.2) is 175 Å². The monoisotopic (exact) mass is 1930 g/mol. The van der Waals surface area contributed by atoms with Crippen LogP contribution in [-0.4, -0.2) is 200 Å². The van der Waals surface area contributed by atoms with Gasteiger partial charge in [0.25, 0.3) is 0 Å². The minimum atomic E-state index is -3.43. The van der Waals surface area contributed by atoms with Crippen molar-refractivity contribution in [2.75, 3.05) is 57.3 Å². The first-order valence-corrected chi connectivity index (χ1v) is 58.5. The summed E-state index contributed by atoms with van der Waals surface area (Å²) >= 11 is 2.80. The largest absolute Gasteiger partial charge is 0.480 e. The molecule has 0 saturated carbocycles. The van der Waals surface area contributed by atoms with Gasteiger partial charge in [0.15, 0.2) is 59.0 Å². The first-order chi connectivity index (χ1) is 57.1. The van der Waals surface area contributed by atoms with E-state index in [1.54, 1.807) is 134 Å². The summed E-state index contributed by atoms with van der Waals surface area (Å²) in [6.45, 7) is 30.4. The lowest BCUT2D eigenvalue weighted by Crippen LogP contribution is -2.38. The van der Waals surface area contributed by atoms with Crippen LogP contribution < -0.4 is 5.32 Å². The Morgan fingerprint density at radius 1 is 0.377 bits per heavy atom. The second-order valence-corrected chi connectivity index (χ2v) is 50.0. The number of hydrogen-bond acceptors (Lipinski definition) is 24. The summed E-state index contributed by atoms with van der Waals surface area (Å²) in [6.07, 6.45) is 8.59. The smallest absolute Gasteiger partial charge is 0.319 e. The number of carbonyl (C=O) groups is 4. The predicted molar refractivity (Wildman–Crippen MR) is 497 cm³/mol. The molecule has 6 aliphatic heterocycles. The number of aliphatic hydroxyl groups is 2. The van der Waals surface area contributed by atoms with E-state index in [2.05, 4.69) is 5.32 Å². The van der Waals surface area contributed by atoms with Crippen molar-refractivity contribution in [3.05, 3.63) is 179 Å². The number of nitrogens with one attached hydrogen (secondary N) is 1. The zero-order valence-electron chi connectivity index (χ0n) is 73.7. The highest BCUT2D eigenvalue weighted by atomic mass is 32.2. The number of fused-ring (bicyclic) bond motifs is 6. The number of rotatable bonds is 15. The Labute approximate surface area is 744 Å². The van der Waals surface area contributed by atoms with Crippen LogP contribution in [0.1, 0.15) is 214 Å². The topological polar surface area (TPSA) is 434 Å². The van der Waals surface area contributed by atoms with Crippen LogP contribution in [0.2, 0.25) is 0 Å². The maximum Gasteiger partial charge on any atom is 0.319 e. The highest BCUT2D eigenvalue weighted by Crippen LogP contribution is 2.50. The number of aliphatic carboxylic acids is 2. The van der Waals surface area contributed by atoms with Gasteiger partial charge in [-0.25, -0.2) is 50.5 Å². The first kappa shape index (κ1) is 114. The molecule has 0 radical (unpaired) electrons. The highest BCUT2D eigenvalue weighted by molar-refractivity contribution is 8.01. The van der Waals surface area contributed by atoms with Crippen molar-refractivity contribution in [3.63, 3.8) is 0 Å². The fourth-order valence-corrected chi connectivity index (χ4v) is 32.1. The number of carboxylic acid groups (broad SMARTS) is 2. The van der Waals surface area contributed by atoms with Crippen molar-refractivity contribution in [2.45, 2.75) is 242 Å². The standard InChI is InChI=1S/C14H18O4S2.C13H17NO4S2.C12H14O4S2.C12H16O3S2.C11H12O5S2.C11H14O4S2.6C2H6/c1-10(15)7-8-11-9-14(20(2,17)18)12-5-3-4-6-13(12)19(11)16;1-9(15)14-8-10-7-13(20(2,17)18)11-5-3-4-6-12(11)19(10)16;1-7-10(12(13)14)17-9-6-4-3-5-8(9)11(7)18(2,15)16;1-8-11(7-13)16-10-6-4-3-5-9(10)12(8)17(2,14)15;1-18(15,16)10-6-9(11(12)13)17(14)8-5-3-2-4-7(8)10;1-17(14,15)11-6-8(7-12)16(13)10-5-3-2-4-9(10)11;6*1-2/h3-6,11,14H,7-9H2,1-2H3;3-6,10,13H,7-8H2,1-2H3,(H,14,15);3-7,10-11H,1-2H3,(H,13,14);3-6,8,11-13H,7H2,1-2H3;2-5,9-10H,6H2,1H3,(H,12,13);2-5,8,11-12H,6-7H2,1H3;6*1-2H3/t11-,14?,19?;10-,13?,19?;7-,10-,11?;8-,11+,12?;9-,10?,17?;8-,11?,16?;;;;;;/m011111....../s1. The molecule has 6 heterocycles. The van der Waals surface area contributed by atoms with E-state index in [0.29, 0.717) is 61.1 Å². The van der Waals surface area contributed by atoms with Gasteiger partial charge >= 0.3 is 11.9 Å². The molecule has 6 aromatic carbocycles.